The standard InChI is InChI=1S/C17H23N7O/c1-11-6-7-19-13(10-11)20-16-15-14(21-17(18-3)22-16)12(2)23-24(15)8-5-9-25-4/h6-7,10H,5,8-9H2,1-4H3,(H2,18,19,20,21,22). The Kier molecular flexibility index (Phi) is 5.08. The second kappa shape index (κ2) is 7.43. The summed E-state index contributed by atoms with van der Waals surface area (Å²) in [7, 11) is 3.50. The van der Waals surface area contributed by atoms with Crippen molar-refractivity contribution in [2.45, 2.75) is 26.8 Å². The predicted molar refractivity (Wildman–Crippen MR) is 98.4 cm³/mol. The van der Waals surface area contributed by atoms with Crippen LogP contribution in [0.3, 0.4) is 0 Å². The number of ether oxygens (including phenoxy) is 1. The van der Waals surface area contributed by atoms with E-state index in [0.717, 1.165) is 41.1 Å². The fourth-order valence-electron chi connectivity index (χ4n) is 2.68. The zero-order chi connectivity index (χ0) is 17.8. The molecule has 0 aromatic carbocycles. The molecule has 0 amide bonds. The third-order valence-corrected chi connectivity index (χ3v) is 3.86. The van der Waals surface area contributed by atoms with E-state index in [1.807, 2.05) is 30.7 Å². The second-order valence-electron chi connectivity index (χ2n) is 5.84. The summed E-state index contributed by atoms with van der Waals surface area (Å²) in [4.78, 5) is 13.5. The third kappa shape index (κ3) is 3.69. The van der Waals surface area contributed by atoms with Crippen LogP contribution in [0.25, 0.3) is 11.0 Å². The van der Waals surface area contributed by atoms with E-state index in [-0.39, 0.29) is 0 Å². The van der Waals surface area contributed by atoms with E-state index in [1.165, 1.54) is 0 Å². The molecule has 0 saturated carbocycles. The summed E-state index contributed by atoms with van der Waals surface area (Å²) >= 11 is 0. The van der Waals surface area contributed by atoms with E-state index in [1.54, 1.807) is 20.4 Å². The van der Waals surface area contributed by atoms with Crippen molar-refractivity contribution in [1.29, 1.82) is 0 Å². The first-order valence-corrected chi connectivity index (χ1v) is 8.24. The van der Waals surface area contributed by atoms with E-state index in [0.29, 0.717) is 18.4 Å². The van der Waals surface area contributed by atoms with Gasteiger partial charge >= 0.3 is 0 Å². The molecule has 0 fully saturated rings. The van der Waals surface area contributed by atoms with Crippen molar-refractivity contribution in [1.82, 2.24) is 24.7 Å². The van der Waals surface area contributed by atoms with Crippen LogP contribution >= 0.6 is 0 Å². The van der Waals surface area contributed by atoms with Crippen molar-refractivity contribution < 1.29 is 4.74 Å². The van der Waals surface area contributed by atoms with Crippen molar-refractivity contribution in [2.75, 3.05) is 31.4 Å². The Bertz CT molecular complexity index is 875. The molecule has 0 bridgehead atoms. The van der Waals surface area contributed by atoms with Gasteiger partial charge in [0.05, 0.1) is 5.69 Å². The van der Waals surface area contributed by atoms with E-state index in [2.05, 4.69) is 30.7 Å². The molecule has 0 saturated heterocycles. The molecule has 0 aliphatic carbocycles. The summed E-state index contributed by atoms with van der Waals surface area (Å²) in [5.74, 6) is 1.97. The number of hydrogen-bond acceptors (Lipinski definition) is 7. The largest absolute Gasteiger partial charge is 0.385 e. The normalized spacial score (nSPS) is 11.0. The number of methoxy groups -OCH3 is 1. The highest BCUT2D eigenvalue weighted by atomic mass is 16.5. The zero-order valence-electron chi connectivity index (χ0n) is 15.0. The lowest BCUT2D eigenvalue weighted by Gasteiger charge is -2.11. The number of nitrogens with one attached hydrogen (secondary N) is 2. The number of pyridine rings is 1. The van der Waals surface area contributed by atoms with Gasteiger partial charge in [-0.2, -0.15) is 10.1 Å². The maximum Gasteiger partial charge on any atom is 0.225 e. The van der Waals surface area contributed by atoms with Gasteiger partial charge in [0.15, 0.2) is 5.82 Å². The van der Waals surface area contributed by atoms with Crippen LogP contribution in [-0.4, -0.2) is 45.5 Å². The number of aryl methyl sites for hydroxylation is 3. The van der Waals surface area contributed by atoms with Crippen LogP contribution in [0.5, 0.6) is 0 Å². The molecular weight excluding hydrogens is 318 g/mol. The van der Waals surface area contributed by atoms with Crippen molar-refractivity contribution >= 4 is 28.6 Å². The van der Waals surface area contributed by atoms with Crippen LogP contribution in [0, 0.1) is 13.8 Å². The minimum atomic E-state index is 0.544. The lowest BCUT2D eigenvalue weighted by molar-refractivity contribution is 0.189. The Labute approximate surface area is 146 Å². The van der Waals surface area contributed by atoms with Gasteiger partial charge in [0.2, 0.25) is 5.95 Å². The molecule has 3 heterocycles. The summed E-state index contributed by atoms with van der Waals surface area (Å²) in [6, 6.07) is 3.93. The first kappa shape index (κ1) is 17.1. The number of rotatable bonds is 7. The first-order valence-electron chi connectivity index (χ1n) is 8.24. The number of hydrogen-bond donors (Lipinski definition) is 2. The van der Waals surface area contributed by atoms with Crippen molar-refractivity contribution in [2.24, 2.45) is 0 Å². The number of aromatic nitrogens is 5. The van der Waals surface area contributed by atoms with Crippen LogP contribution in [0.4, 0.5) is 17.6 Å². The van der Waals surface area contributed by atoms with Crippen LogP contribution < -0.4 is 10.6 Å². The van der Waals surface area contributed by atoms with Gasteiger partial charge in [-0.15, -0.1) is 0 Å². The SMILES string of the molecule is CNc1nc(Nc2cc(C)ccn2)c2c(n1)c(C)nn2CCCOC. The highest BCUT2D eigenvalue weighted by Crippen LogP contribution is 2.27. The molecule has 0 aliphatic rings. The average Bonchev–Trinajstić information content (AvgIpc) is 2.91. The number of anilines is 3. The molecule has 0 aliphatic heterocycles. The van der Waals surface area contributed by atoms with Crippen molar-refractivity contribution in [3.05, 3.63) is 29.6 Å². The predicted octanol–water partition coefficient (Wildman–Crippen LogP) is 2.66. The molecule has 3 rings (SSSR count). The minimum absolute atomic E-state index is 0.544. The minimum Gasteiger partial charge on any atom is -0.385 e. The number of nitrogens with zero attached hydrogens (tertiary/aromatic N) is 5. The monoisotopic (exact) mass is 341 g/mol. The van der Waals surface area contributed by atoms with Gasteiger partial charge in [0, 0.05) is 33.5 Å². The molecule has 132 valence electrons. The third-order valence-electron chi connectivity index (χ3n) is 3.86. The Morgan fingerprint density at radius 3 is 2.80 bits per heavy atom. The van der Waals surface area contributed by atoms with Gasteiger partial charge in [-0.1, -0.05) is 0 Å². The molecule has 0 unspecified atom stereocenters. The van der Waals surface area contributed by atoms with Gasteiger partial charge in [-0.05, 0) is 38.0 Å². The smallest absolute Gasteiger partial charge is 0.225 e. The van der Waals surface area contributed by atoms with Crippen LogP contribution in [0.2, 0.25) is 0 Å². The lowest BCUT2D eigenvalue weighted by Crippen LogP contribution is -2.07. The molecule has 8 heteroatoms. The van der Waals surface area contributed by atoms with E-state index in [4.69, 9.17) is 4.74 Å². The Morgan fingerprint density at radius 1 is 1.24 bits per heavy atom. The fourth-order valence-corrected chi connectivity index (χ4v) is 2.68. The van der Waals surface area contributed by atoms with Crippen LogP contribution in [0.1, 0.15) is 17.7 Å². The van der Waals surface area contributed by atoms with E-state index < -0.39 is 0 Å². The second-order valence-corrected chi connectivity index (χ2v) is 5.84. The quantitative estimate of drug-likeness (QED) is 0.639. The molecule has 25 heavy (non-hydrogen) atoms. The molecule has 8 nitrogen and oxygen atoms in total. The maximum absolute atomic E-state index is 5.15. The first-order chi connectivity index (χ1) is 12.1. The molecule has 0 spiro atoms. The zero-order valence-corrected chi connectivity index (χ0v) is 15.0. The summed E-state index contributed by atoms with van der Waals surface area (Å²) < 4.78 is 7.08. The summed E-state index contributed by atoms with van der Waals surface area (Å²) in [6.45, 7) is 5.39. The summed E-state index contributed by atoms with van der Waals surface area (Å²) in [6.07, 6.45) is 2.64. The highest BCUT2D eigenvalue weighted by molar-refractivity contribution is 5.90. The molecule has 3 aromatic rings. The fraction of sp³-hybridized carbons (Fsp3) is 0.412. The Morgan fingerprint density at radius 2 is 2.08 bits per heavy atom. The maximum atomic E-state index is 5.15. The number of fused-ring (bicyclic) bond motifs is 1. The van der Waals surface area contributed by atoms with E-state index >= 15 is 0 Å². The van der Waals surface area contributed by atoms with Gasteiger partial charge in [-0.3, -0.25) is 4.68 Å². The van der Waals surface area contributed by atoms with E-state index in [9.17, 15) is 0 Å². The van der Waals surface area contributed by atoms with Gasteiger partial charge in [0.1, 0.15) is 16.9 Å². The molecular formula is C17H23N7O. The summed E-state index contributed by atoms with van der Waals surface area (Å²) in [5.41, 5.74) is 3.69. The lowest BCUT2D eigenvalue weighted by atomic mass is 10.3. The Hall–Kier alpha value is -2.74. The molecule has 2 N–H and O–H groups in total. The highest BCUT2D eigenvalue weighted by Gasteiger charge is 2.17. The van der Waals surface area contributed by atoms with Crippen LogP contribution in [-0.2, 0) is 11.3 Å². The topological polar surface area (TPSA) is 89.8 Å². The van der Waals surface area contributed by atoms with Gasteiger partial charge < -0.3 is 15.4 Å². The average molecular weight is 341 g/mol. The molecule has 0 radical (unpaired) electrons. The van der Waals surface area contributed by atoms with Crippen molar-refractivity contribution in [3.8, 4) is 0 Å². The molecule has 0 atom stereocenters. The molecule has 3 aromatic heterocycles. The van der Waals surface area contributed by atoms with Crippen LogP contribution in [0.15, 0.2) is 18.3 Å². The van der Waals surface area contributed by atoms with Gasteiger partial charge in [-0.25, -0.2) is 9.97 Å². The van der Waals surface area contributed by atoms with Gasteiger partial charge in [0.25, 0.3) is 0 Å². The summed E-state index contributed by atoms with van der Waals surface area (Å²) in [5, 5.41) is 10.9. The Balaban J connectivity index is 2.07. The van der Waals surface area contributed by atoms with Crippen molar-refractivity contribution in [3.63, 3.8) is 0 Å².